The van der Waals surface area contributed by atoms with Gasteiger partial charge in [0.25, 0.3) is 0 Å². The van der Waals surface area contributed by atoms with Crippen molar-refractivity contribution < 1.29 is 30.7 Å². The van der Waals surface area contributed by atoms with E-state index in [-0.39, 0.29) is 5.57 Å². The Bertz CT molecular complexity index is 511. The third kappa shape index (κ3) is 3.25. The molecule has 1 heterocycles. The first kappa shape index (κ1) is 20.7. The zero-order valence-corrected chi connectivity index (χ0v) is 14.9. The second-order valence-corrected chi connectivity index (χ2v) is 7.49. The number of nitrogens with zero attached hydrogens (tertiary/aromatic N) is 1. The lowest BCUT2D eigenvalue weighted by Gasteiger charge is -2.47. The minimum atomic E-state index is -6.15. The van der Waals surface area contributed by atoms with Crippen molar-refractivity contribution in [1.82, 2.24) is 4.90 Å². The normalized spacial score (nSPS) is 25.1. The minimum absolute atomic E-state index is 0.0219. The molecule has 0 aromatic rings. The van der Waals surface area contributed by atoms with Crippen molar-refractivity contribution in [2.45, 2.75) is 41.6 Å². The molecule has 0 saturated heterocycles. The Morgan fingerprint density at radius 3 is 1.96 bits per heavy atom. The molecule has 23 heavy (non-hydrogen) atoms. The first-order valence-corrected chi connectivity index (χ1v) is 8.32. The van der Waals surface area contributed by atoms with E-state index >= 15 is 0 Å². The molecule has 1 rings (SSSR count). The number of thioether (sulfide) groups is 1. The predicted molar refractivity (Wildman–Crippen MR) is 78.9 cm³/mol. The van der Waals surface area contributed by atoms with E-state index in [0.717, 1.165) is 7.05 Å². The summed E-state index contributed by atoms with van der Waals surface area (Å²) in [6.07, 6.45) is -7.39. The van der Waals surface area contributed by atoms with Gasteiger partial charge in [0.05, 0.1) is 5.70 Å². The van der Waals surface area contributed by atoms with Crippen molar-refractivity contribution in [2.75, 3.05) is 13.3 Å². The van der Waals surface area contributed by atoms with E-state index in [1.807, 2.05) is 0 Å². The van der Waals surface area contributed by atoms with Crippen molar-refractivity contribution in [2.24, 2.45) is 0 Å². The smallest absolute Gasteiger partial charge is 0.355 e. The Labute approximate surface area is 142 Å². The lowest BCUT2D eigenvalue weighted by Crippen LogP contribution is -2.61. The lowest BCUT2D eigenvalue weighted by molar-refractivity contribution is -0.331. The van der Waals surface area contributed by atoms with Crippen molar-refractivity contribution in [3.05, 3.63) is 23.4 Å². The van der Waals surface area contributed by atoms with Gasteiger partial charge in [-0.25, -0.2) is 4.39 Å². The topological polar surface area (TPSA) is 3.24 Å². The molecule has 0 saturated carbocycles. The molecule has 0 fully saturated rings. The summed E-state index contributed by atoms with van der Waals surface area (Å²) in [6.45, 7) is 2.85. The van der Waals surface area contributed by atoms with Gasteiger partial charge in [-0.1, -0.05) is 15.9 Å². The Morgan fingerprint density at radius 2 is 1.61 bits per heavy atom. The van der Waals surface area contributed by atoms with Crippen molar-refractivity contribution >= 4 is 27.7 Å². The standard InChI is InChI=1S/C13H14BrF7NS/c1-7-5-9(11(15,12(16,17)18)13(19,20)21)22(3)10(14,6-7)8(2)23-4/h5,8H,1-4H3. The molecule has 2 unspecified atom stereocenters. The fraction of sp³-hybridized carbons (Fsp3) is 0.692. The predicted octanol–water partition coefficient (Wildman–Crippen LogP) is 5.24. The Kier molecular flexibility index (Phi) is 5.54. The summed E-state index contributed by atoms with van der Waals surface area (Å²) in [7, 11) is 0.971. The van der Waals surface area contributed by atoms with Crippen LogP contribution in [0.2, 0.25) is 0 Å². The molecule has 0 aromatic carbocycles. The molecule has 10 heteroatoms. The van der Waals surface area contributed by atoms with Crippen LogP contribution in [0.15, 0.2) is 17.3 Å². The van der Waals surface area contributed by atoms with Crippen LogP contribution in [0.25, 0.3) is 0 Å². The maximum Gasteiger partial charge on any atom is 0.437 e. The van der Waals surface area contributed by atoms with Gasteiger partial charge in [-0.15, -0.1) is 0 Å². The van der Waals surface area contributed by atoms with Crippen LogP contribution in [-0.2, 0) is 0 Å². The first-order valence-electron chi connectivity index (χ1n) is 6.24. The highest BCUT2D eigenvalue weighted by Gasteiger charge is 2.76. The molecule has 1 nitrogen and oxygen atoms in total. The van der Waals surface area contributed by atoms with E-state index in [1.165, 1.54) is 18.7 Å². The van der Waals surface area contributed by atoms with E-state index in [1.54, 1.807) is 13.2 Å². The van der Waals surface area contributed by atoms with Crippen molar-refractivity contribution in [3.8, 4) is 0 Å². The van der Waals surface area contributed by atoms with E-state index in [9.17, 15) is 30.7 Å². The SMILES string of the molecule is CSC(C)C1(Br)[C]=C(C)C=C(C(F)(C(F)(F)F)C(F)(F)F)N1C. The van der Waals surface area contributed by atoms with Crippen molar-refractivity contribution in [1.29, 1.82) is 0 Å². The lowest BCUT2D eigenvalue weighted by atomic mass is 9.92. The summed E-state index contributed by atoms with van der Waals surface area (Å²) >= 11 is 4.31. The molecule has 0 amide bonds. The Hall–Kier alpha value is -0.380. The summed E-state index contributed by atoms with van der Waals surface area (Å²) in [6, 6.07) is 0. The summed E-state index contributed by atoms with van der Waals surface area (Å²) in [5.41, 5.74) is -7.02. The summed E-state index contributed by atoms with van der Waals surface area (Å²) in [4.78, 5) is 0.599. The molecule has 133 valence electrons. The van der Waals surface area contributed by atoms with Gasteiger partial charge in [0.2, 0.25) is 0 Å². The highest BCUT2D eigenvalue weighted by molar-refractivity contribution is 9.10. The van der Waals surface area contributed by atoms with Gasteiger partial charge in [-0.3, -0.25) is 0 Å². The molecule has 0 aliphatic carbocycles. The molecule has 2 atom stereocenters. The number of hydrogen-bond acceptors (Lipinski definition) is 2. The fourth-order valence-corrected chi connectivity index (χ4v) is 3.78. The maximum atomic E-state index is 14.4. The number of rotatable bonds is 3. The summed E-state index contributed by atoms with van der Waals surface area (Å²) in [5.74, 6) is 0. The van der Waals surface area contributed by atoms with Gasteiger partial charge in [0.1, 0.15) is 4.45 Å². The van der Waals surface area contributed by atoms with Crippen LogP contribution in [0.5, 0.6) is 0 Å². The third-order valence-electron chi connectivity index (χ3n) is 3.60. The highest BCUT2D eigenvalue weighted by Crippen LogP contribution is 2.54. The molecule has 0 bridgehead atoms. The molecule has 0 aromatic heterocycles. The van der Waals surface area contributed by atoms with Gasteiger partial charge >= 0.3 is 18.0 Å². The van der Waals surface area contributed by atoms with Crippen LogP contribution >= 0.6 is 27.7 Å². The molecule has 0 N–H and O–H groups in total. The zero-order chi connectivity index (χ0) is 18.4. The van der Waals surface area contributed by atoms with E-state index in [2.05, 4.69) is 22.0 Å². The Morgan fingerprint density at radius 1 is 1.17 bits per heavy atom. The molecular weight excluding hydrogens is 415 g/mol. The fourth-order valence-electron chi connectivity index (χ4n) is 2.19. The van der Waals surface area contributed by atoms with Gasteiger partial charge < -0.3 is 4.90 Å². The molecular formula is C13H14BrF7NS. The average Bonchev–Trinajstić information content (AvgIpc) is 2.38. The van der Waals surface area contributed by atoms with Gasteiger partial charge in [0.15, 0.2) is 0 Å². The monoisotopic (exact) mass is 428 g/mol. The van der Waals surface area contributed by atoms with Crippen LogP contribution < -0.4 is 0 Å². The minimum Gasteiger partial charge on any atom is -0.355 e. The molecule has 1 radical (unpaired) electrons. The first-order chi connectivity index (χ1) is 10.1. The van der Waals surface area contributed by atoms with E-state index in [0.29, 0.717) is 11.0 Å². The largest absolute Gasteiger partial charge is 0.437 e. The molecule has 1 aliphatic rings. The zero-order valence-electron chi connectivity index (χ0n) is 12.5. The van der Waals surface area contributed by atoms with E-state index < -0.39 is 33.4 Å². The van der Waals surface area contributed by atoms with Gasteiger partial charge in [0, 0.05) is 12.3 Å². The second kappa shape index (κ2) is 6.16. The highest BCUT2D eigenvalue weighted by atomic mass is 79.9. The van der Waals surface area contributed by atoms with E-state index in [4.69, 9.17) is 0 Å². The quantitative estimate of drug-likeness (QED) is 0.343. The molecule has 0 spiro atoms. The second-order valence-electron chi connectivity index (χ2n) is 5.10. The average molecular weight is 429 g/mol. The van der Waals surface area contributed by atoms with Gasteiger partial charge in [-0.2, -0.15) is 38.1 Å². The van der Waals surface area contributed by atoms with Crippen molar-refractivity contribution in [3.63, 3.8) is 0 Å². The number of halogens is 8. The number of allylic oxidation sites excluding steroid dienone is 3. The Balaban J connectivity index is 3.60. The summed E-state index contributed by atoms with van der Waals surface area (Å²) in [5, 5.41) is -0.503. The maximum absolute atomic E-state index is 14.4. The van der Waals surface area contributed by atoms with Gasteiger partial charge in [-0.05, 0) is 37.8 Å². The third-order valence-corrected chi connectivity index (χ3v) is 6.37. The molecule has 1 aliphatic heterocycles. The number of hydrogen-bond donors (Lipinski definition) is 0. The number of alkyl halides is 8. The number of likely N-dealkylation sites (N-methyl/N-ethyl adjacent to an activating group) is 1. The van der Waals surface area contributed by atoms with Crippen LogP contribution in [0.3, 0.4) is 0 Å². The van der Waals surface area contributed by atoms with Crippen LogP contribution in [0.1, 0.15) is 13.8 Å². The van der Waals surface area contributed by atoms with Crippen LogP contribution in [0, 0.1) is 6.08 Å². The van der Waals surface area contributed by atoms with Crippen LogP contribution in [0.4, 0.5) is 30.7 Å². The summed E-state index contributed by atoms with van der Waals surface area (Å²) < 4.78 is 90.9. The van der Waals surface area contributed by atoms with Crippen LogP contribution in [-0.4, -0.2) is 45.9 Å².